The molecule has 1 aromatic carbocycles. The van der Waals surface area contributed by atoms with Crippen molar-refractivity contribution >= 4 is 11.0 Å². The first kappa shape index (κ1) is 16.1. The number of hydrogen-bond acceptors (Lipinski definition) is 4. The van der Waals surface area contributed by atoms with Gasteiger partial charge in [-0.15, -0.1) is 0 Å². The maximum atomic E-state index is 5.22. The maximum absolute atomic E-state index is 5.22. The molecule has 0 amide bonds. The van der Waals surface area contributed by atoms with Gasteiger partial charge in [0.15, 0.2) is 5.65 Å². The standard InChI is InChI=1S/C20H24N4O/c1-3-18-17-13-21-19(12-14-8-10-16(25-2)11-9-14)22-20(17)24(23-18)15-6-4-5-7-15/h8-11,13,15H,3-7,12H2,1-2H3. The third-order valence-corrected chi connectivity index (χ3v) is 5.10. The fourth-order valence-electron chi connectivity index (χ4n) is 3.69. The zero-order chi connectivity index (χ0) is 17.2. The SMILES string of the molecule is CCc1nn(C2CCCC2)c2nc(Cc3ccc(OC)cc3)ncc12. The average molecular weight is 336 g/mol. The molecule has 5 nitrogen and oxygen atoms in total. The maximum Gasteiger partial charge on any atom is 0.162 e. The topological polar surface area (TPSA) is 52.8 Å². The molecule has 0 bridgehead atoms. The number of aryl methyl sites for hydroxylation is 1. The van der Waals surface area contributed by atoms with E-state index in [1.54, 1.807) is 7.11 Å². The van der Waals surface area contributed by atoms with Crippen LogP contribution >= 0.6 is 0 Å². The molecule has 0 aliphatic heterocycles. The van der Waals surface area contributed by atoms with Gasteiger partial charge in [0, 0.05) is 12.6 Å². The zero-order valence-electron chi connectivity index (χ0n) is 14.9. The molecule has 0 spiro atoms. The van der Waals surface area contributed by atoms with Crippen molar-refractivity contribution in [3.8, 4) is 5.75 Å². The van der Waals surface area contributed by atoms with Crippen LogP contribution in [0.2, 0.25) is 0 Å². The lowest BCUT2D eigenvalue weighted by molar-refractivity contribution is 0.414. The van der Waals surface area contributed by atoms with Gasteiger partial charge in [0.25, 0.3) is 0 Å². The summed E-state index contributed by atoms with van der Waals surface area (Å²) in [7, 11) is 1.68. The van der Waals surface area contributed by atoms with Crippen LogP contribution in [0.5, 0.6) is 5.75 Å². The van der Waals surface area contributed by atoms with Crippen molar-refractivity contribution < 1.29 is 4.74 Å². The minimum Gasteiger partial charge on any atom is -0.497 e. The number of fused-ring (bicyclic) bond motifs is 1. The number of hydrogen-bond donors (Lipinski definition) is 0. The number of aromatic nitrogens is 4. The molecule has 0 radical (unpaired) electrons. The minimum atomic E-state index is 0.492. The highest BCUT2D eigenvalue weighted by Gasteiger charge is 2.22. The zero-order valence-corrected chi connectivity index (χ0v) is 14.9. The van der Waals surface area contributed by atoms with Gasteiger partial charge >= 0.3 is 0 Å². The molecule has 3 aromatic rings. The Kier molecular flexibility index (Phi) is 4.38. The molecule has 2 aromatic heterocycles. The molecule has 25 heavy (non-hydrogen) atoms. The van der Waals surface area contributed by atoms with Gasteiger partial charge in [-0.25, -0.2) is 14.6 Å². The van der Waals surface area contributed by atoms with Crippen molar-refractivity contribution in [2.75, 3.05) is 7.11 Å². The van der Waals surface area contributed by atoms with E-state index in [1.165, 1.54) is 31.2 Å². The quantitative estimate of drug-likeness (QED) is 0.704. The molecule has 5 heteroatoms. The monoisotopic (exact) mass is 336 g/mol. The van der Waals surface area contributed by atoms with E-state index in [0.29, 0.717) is 6.04 Å². The van der Waals surface area contributed by atoms with E-state index in [-0.39, 0.29) is 0 Å². The predicted molar refractivity (Wildman–Crippen MR) is 98.0 cm³/mol. The average Bonchev–Trinajstić information content (AvgIpc) is 3.29. The molecule has 2 heterocycles. The van der Waals surface area contributed by atoms with E-state index in [0.717, 1.165) is 41.1 Å². The Labute approximate surface area is 148 Å². The highest BCUT2D eigenvalue weighted by molar-refractivity contribution is 5.77. The normalized spacial score (nSPS) is 15.1. The summed E-state index contributed by atoms with van der Waals surface area (Å²) in [5.41, 5.74) is 3.29. The molecule has 1 aliphatic rings. The minimum absolute atomic E-state index is 0.492. The van der Waals surface area contributed by atoms with Crippen LogP contribution in [0.25, 0.3) is 11.0 Å². The molecular formula is C20H24N4O. The molecule has 1 aliphatic carbocycles. The van der Waals surface area contributed by atoms with Crippen molar-refractivity contribution in [3.63, 3.8) is 0 Å². The van der Waals surface area contributed by atoms with Gasteiger partial charge in [-0.05, 0) is 37.0 Å². The fourth-order valence-corrected chi connectivity index (χ4v) is 3.69. The molecular weight excluding hydrogens is 312 g/mol. The lowest BCUT2D eigenvalue weighted by Gasteiger charge is -2.11. The van der Waals surface area contributed by atoms with Gasteiger partial charge in [0.05, 0.1) is 24.2 Å². The van der Waals surface area contributed by atoms with Crippen molar-refractivity contribution in [1.29, 1.82) is 0 Å². The van der Waals surface area contributed by atoms with Gasteiger partial charge in [-0.3, -0.25) is 0 Å². The van der Waals surface area contributed by atoms with Crippen LogP contribution in [0.15, 0.2) is 30.5 Å². The Morgan fingerprint density at radius 2 is 1.92 bits per heavy atom. The lowest BCUT2D eigenvalue weighted by atomic mass is 10.1. The summed E-state index contributed by atoms with van der Waals surface area (Å²) < 4.78 is 7.39. The summed E-state index contributed by atoms with van der Waals surface area (Å²) in [6.45, 7) is 2.14. The lowest BCUT2D eigenvalue weighted by Crippen LogP contribution is -2.08. The van der Waals surface area contributed by atoms with Gasteiger partial charge in [0.2, 0.25) is 0 Å². The van der Waals surface area contributed by atoms with Crippen molar-refractivity contribution in [1.82, 2.24) is 19.7 Å². The van der Waals surface area contributed by atoms with Gasteiger partial charge in [-0.1, -0.05) is 31.9 Å². The van der Waals surface area contributed by atoms with Crippen molar-refractivity contribution in [2.24, 2.45) is 0 Å². The Balaban J connectivity index is 1.69. The van der Waals surface area contributed by atoms with Gasteiger partial charge in [-0.2, -0.15) is 5.10 Å². The molecule has 0 saturated heterocycles. The van der Waals surface area contributed by atoms with E-state index >= 15 is 0 Å². The first-order chi connectivity index (χ1) is 12.3. The molecule has 4 rings (SSSR count). The first-order valence-corrected chi connectivity index (χ1v) is 9.14. The second-order valence-electron chi connectivity index (χ2n) is 6.73. The first-order valence-electron chi connectivity index (χ1n) is 9.14. The number of ether oxygens (including phenoxy) is 1. The van der Waals surface area contributed by atoms with E-state index < -0.39 is 0 Å². The highest BCUT2D eigenvalue weighted by atomic mass is 16.5. The predicted octanol–water partition coefficient (Wildman–Crippen LogP) is 4.10. The highest BCUT2D eigenvalue weighted by Crippen LogP contribution is 2.32. The fraction of sp³-hybridized carbons (Fsp3) is 0.450. The summed E-state index contributed by atoms with van der Waals surface area (Å²) in [5, 5.41) is 5.96. The third-order valence-electron chi connectivity index (χ3n) is 5.10. The number of benzene rings is 1. The van der Waals surface area contributed by atoms with Crippen molar-refractivity contribution in [3.05, 3.63) is 47.5 Å². The Bertz CT molecular complexity index is 863. The summed E-state index contributed by atoms with van der Waals surface area (Å²) in [4.78, 5) is 9.48. The van der Waals surface area contributed by atoms with Crippen molar-refractivity contribution in [2.45, 2.75) is 51.5 Å². The number of methoxy groups -OCH3 is 1. The van der Waals surface area contributed by atoms with Gasteiger partial charge < -0.3 is 4.74 Å². The summed E-state index contributed by atoms with van der Waals surface area (Å²) in [6.07, 6.45) is 8.58. The summed E-state index contributed by atoms with van der Waals surface area (Å²) in [6, 6.07) is 8.58. The second kappa shape index (κ2) is 6.82. The summed E-state index contributed by atoms with van der Waals surface area (Å²) in [5.74, 6) is 1.71. The molecule has 130 valence electrons. The molecule has 0 N–H and O–H groups in total. The smallest absolute Gasteiger partial charge is 0.162 e. The van der Waals surface area contributed by atoms with E-state index in [1.807, 2.05) is 18.3 Å². The van der Waals surface area contributed by atoms with Crippen LogP contribution in [-0.2, 0) is 12.8 Å². The Morgan fingerprint density at radius 1 is 1.16 bits per heavy atom. The molecule has 0 unspecified atom stereocenters. The van der Waals surface area contributed by atoms with Crippen LogP contribution in [0, 0.1) is 0 Å². The van der Waals surface area contributed by atoms with Gasteiger partial charge in [0.1, 0.15) is 11.6 Å². The summed E-state index contributed by atoms with van der Waals surface area (Å²) >= 11 is 0. The van der Waals surface area contributed by atoms with Crippen LogP contribution in [-0.4, -0.2) is 26.9 Å². The Morgan fingerprint density at radius 3 is 2.60 bits per heavy atom. The molecule has 0 atom stereocenters. The largest absolute Gasteiger partial charge is 0.497 e. The van der Waals surface area contributed by atoms with E-state index in [4.69, 9.17) is 14.8 Å². The molecule has 1 fully saturated rings. The Hall–Kier alpha value is -2.43. The van der Waals surface area contributed by atoms with Crippen LogP contribution in [0.4, 0.5) is 0 Å². The molecule has 1 saturated carbocycles. The van der Waals surface area contributed by atoms with Crippen LogP contribution in [0.3, 0.4) is 0 Å². The number of nitrogens with zero attached hydrogens (tertiary/aromatic N) is 4. The third kappa shape index (κ3) is 3.11. The van der Waals surface area contributed by atoms with E-state index in [9.17, 15) is 0 Å². The van der Waals surface area contributed by atoms with Crippen LogP contribution in [0.1, 0.15) is 55.7 Å². The number of rotatable bonds is 5. The van der Waals surface area contributed by atoms with Crippen LogP contribution < -0.4 is 4.74 Å². The second-order valence-corrected chi connectivity index (χ2v) is 6.73. The van der Waals surface area contributed by atoms with E-state index in [2.05, 4.69) is 28.7 Å².